The first-order chi connectivity index (χ1) is 7.83. The lowest BCUT2D eigenvalue weighted by Crippen LogP contribution is -2.28. The van der Waals surface area contributed by atoms with Crippen LogP contribution in [0.3, 0.4) is 0 Å². The molecule has 0 saturated heterocycles. The van der Waals surface area contributed by atoms with Gasteiger partial charge in [0.15, 0.2) is 0 Å². The van der Waals surface area contributed by atoms with Crippen molar-refractivity contribution in [3.05, 3.63) is 0 Å². The lowest BCUT2D eigenvalue weighted by molar-refractivity contribution is 0.0240. The van der Waals surface area contributed by atoms with Crippen molar-refractivity contribution in [2.45, 2.75) is 76.4 Å². The van der Waals surface area contributed by atoms with E-state index in [1.54, 1.807) is 6.66 Å². The minimum atomic E-state index is -2.92. The minimum Gasteiger partial charge on any atom is -0.302 e. The van der Waals surface area contributed by atoms with E-state index < -0.39 is 7.60 Å². The Bertz CT molecular complexity index is 287. The number of hydrogen-bond donors (Lipinski definition) is 0. The van der Waals surface area contributed by atoms with Crippen LogP contribution >= 0.6 is 7.60 Å². The lowest BCUT2D eigenvalue weighted by Gasteiger charge is -2.33. The van der Waals surface area contributed by atoms with Crippen molar-refractivity contribution in [3.63, 3.8) is 0 Å². The van der Waals surface area contributed by atoms with E-state index in [-0.39, 0.29) is 11.2 Å². The molecule has 0 aliphatic heterocycles. The predicted molar refractivity (Wildman–Crippen MR) is 69.4 cm³/mol. The number of rotatable bonds is 4. The van der Waals surface area contributed by atoms with E-state index in [1.165, 1.54) is 25.7 Å². The van der Waals surface area contributed by atoms with Crippen molar-refractivity contribution < 1.29 is 13.6 Å². The van der Waals surface area contributed by atoms with E-state index in [1.807, 2.05) is 0 Å². The smallest absolute Gasteiger partial charge is 0.302 e. The summed E-state index contributed by atoms with van der Waals surface area (Å²) in [5.74, 6) is 0. The summed E-state index contributed by atoms with van der Waals surface area (Å²) in [6.45, 7) is 5.77. The van der Waals surface area contributed by atoms with Crippen LogP contribution in [-0.2, 0) is 13.6 Å². The molecular weight excluding hydrogens is 235 g/mol. The van der Waals surface area contributed by atoms with Crippen LogP contribution in [0.15, 0.2) is 0 Å². The van der Waals surface area contributed by atoms with E-state index in [9.17, 15) is 4.57 Å². The molecule has 17 heavy (non-hydrogen) atoms. The quantitative estimate of drug-likeness (QED) is 0.698. The molecule has 2 saturated carbocycles. The Labute approximate surface area is 105 Å². The van der Waals surface area contributed by atoms with Crippen molar-refractivity contribution >= 4 is 7.60 Å². The Balaban J connectivity index is 1.96. The standard InChI is InChI=1S/C13H25O3P/c1-12(8-4-5-9-12)15-17(3,14)16-13(2)10-6-7-11-13/h4-11H2,1-3H3. The maximum absolute atomic E-state index is 12.5. The van der Waals surface area contributed by atoms with Gasteiger partial charge >= 0.3 is 7.60 Å². The molecule has 0 aromatic heterocycles. The molecule has 0 unspecified atom stereocenters. The van der Waals surface area contributed by atoms with E-state index in [0.29, 0.717) is 0 Å². The molecule has 2 aliphatic carbocycles. The van der Waals surface area contributed by atoms with Gasteiger partial charge < -0.3 is 9.05 Å². The second kappa shape index (κ2) is 4.68. The highest BCUT2D eigenvalue weighted by molar-refractivity contribution is 7.53. The molecule has 0 radical (unpaired) electrons. The maximum atomic E-state index is 12.5. The molecule has 0 aromatic carbocycles. The molecule has 0 bridgehead atoms. The second-order valence-electron chi connectivity index (χ2n) is 6.27. The average molecular weight is 260 g/mol. The molecule has 3 nitrogen and oxygen atoms in total. The first kappa shape index (κ1) is 13.6. The van der Waals surface area contributed by atoms with Crippen molar-refractivity contribution in [2.24, 2.45) is 0 Å². The van der Waals surface area contributed by atoms with Gasteiger partial charge in [-0.05, 0) is 39.5 Å². The van der Waals surface area contributed by atoms with Gasteiger partial charge in [-0.1, -0.05) is 25.7 Å². The third kappa shape index (κ3) is 3.56. The summed E-state index contributed by atoms with van der Waals surface area (Å²) in [5, 5.41) is 0. The van der Waals surface area contributed by atoms with E-state index in [0.717, 1.165) is 25.7 Å². The molecule has 0 heterocycles. The zero-order valence-electron chi connectivity index (χ0n) is 11.3. The minimum absolute atomic E-state index is 0.223. The van der Waals surface area contributed by atoms with Crippen molar-refractivity contribution in [3.8, 4) is 0 Å². The third-order valence-corrected chi connectivity index (χ3v) is 5.64. The highest BCUT2D eigenvalue weighted by Crippen LogP contribution is 2.56. The fraction of sp³-hybridized carbons (Fsp3) is 1.00. The Kier molecular flexibility index (Phi) is 3.74. The zero-order chi connectivity index (χ0) is 12.6. The van der Waals surface area contributed by atoms with Crippen LogP contribution in [-0.4, -0.2) is 17.9 Å². The van der Waals surface area contributed by atoms with E-state index in [2.05, 4.69) is 13.8 Å². The van der Waals surface area contributed by atoms with Crippen LogP contribution in [0.4, 0.5) is 0 Å². The average Bonchev–Trinajstić information content (AvgIpc) is 2.73. The zero-order valence-corrected chi connectivity index (χ0v) is 12.2. The topological polar surface area (TPSA) is 35.5 Å². The molecular formula is C13H25O3P. The Morgan fingerprint density at radius 3 is 1.41 bits per heavy atom. The van der Waals surface area contributed by atoms with Gasteiger partial charge in [-0.25, -0.2) is 0 Å². The van der Waals surface area contributed by atoms with Crippen molar-refractivity contribution in [1.29, 1.82) is 0 Å². The van der Waals surface area contributed by atoms with Crippen LogP contribution < -0.4 is 0 Å². The fourth-order valence-electron chi connectivity index (χ4n) is 3.25. The van der Waals surface area contributed by atoms with Gasteiger partial charge in [0.1, 0.15) is 0 Å². The summed E-state index contributed by atoms with van der Waals surface area (Å²) >= 11 is 0. The number of hydrogen-bond acceptors (Lipinski definition) is 3. The fourth-order valence-corrected chi connectivity index (χ4v) is 5.25. The van der Waals surface area contributed by atoms with Gasteiger partial charge in [0.05, 0.1) is 11.2 Å². The highest BCUT2D eigenvalue weighted by atomic mass is 31.2. The molecule has 0 N–H and O–H groups in total. The molecule has 2 rings (SSSR count). The SMILES string of the molecule is CC1(OP(C)(=O)OC2(C)CCCC2)CCCC1. The summed E-state index contributed by atoms with van der Waals surface area (Å²) in [7, 11) is -2.92. The second-order valence-corrected chi connectivity index (χ2v) is 8.18. The van der Waals surface area contributed by atoms with Crippen LogP contribution in [0.1, 0.15) is 65.2 Å². The summed E-state index contributed by atoms with van der Waals surface area (Å²) in [6, 6.07) is 0. The van der Waals surface area contributed by atoms with E-state index in [4.69, 9.17) is 9.05 Å². The summed E-state index contributed by atoms with van der Waals surface area (Å²) in [5.41, 5.74) is -0.446. The highest BCUT2D eigenvalue weighted by Gasteiger charge is 2.41. The molecule has 4 heteroatoms. The van der Waals surface area contributed by atoms with Crippen LogP contribution in [0.2, 0.25) is 0 Å². The molecule has 0 amide bonds. The van der Waals surface area contributed by atoms with Crippen LogP contribution in [0, 0.1) is 0 Å². The van der Waals surface area contributed by atoms with Gasteiger partial charge in [-0.2, -0.15) is 0 Å². The first-order valence-electron chi connectivity index (χ1n) is 6.82. The monoisotopic (exact) mass is 260 g/mol. The largest absolute Gasteiger partial charge is 0.328 e. The van der Waals surface area contributed by atoms with Crippen molar-refractivity contribution in [1.82, 2.24) is 0 Å². The normalized spacial score (nSPS) is 27.5. The molecule has 2 fully saturated rings. The van der Waals surface area contributed by atoms with Gasteiger partial charge in [0, 0.05) is 6.66 Å². The summed E-state index contributed by atoms with van der Waals surface area (Å²) in [6.07, 6.45) is 8.72. The third-order valence-electron chi connectivity index (χ3n) is 4.09. The van der Waals surface area contributed by atoms with E-state index >= 15 is 0 Å². The Morgan fingerprint density at radius 2 is 1.12 bits per heavy atom. The summed E-state index contributed by atoms with van der Waals surface area (Å²) < 4.78 is 24.2. The van der Waals surface area contributed by atoms with Crippen LogP contribution in [0.25, 0.3) is 0 Å². The maximum Gasteiger partial charge on any atom is 0.328 e. The predicted octanol–water partition coefficient (Wildman–Crippen LogP) is 4.51. The Morgan fingerprint density at radius 1 is 0.824 bits per heavy atom. The first-order valence-corrected chi connectivity index (χ1v) is 8.81. The molecule has 2 aliphatic rings. The molecule has 0 atom stereocenters. The van der Waals surface area contributed by atoms with Crippen LogP contribution in [0.5, 0.6) is 0 Å². The molecule has 0 aromatic rings. The van der Waals surface area contributed by atoms with Gasteiger partial charge in [0.25, 0.3) is 0 Å². The molecule has 0 spiro atoms. The van der Waals surface area contributed by atoms with Gasteiger partial charge in [-0.3, -0.25) is 4.57 Å². The Hall–Kier alpha value is 0.150. The summed E-state index contributed by atoms with van der Waals surface area (Å²) in [4.78, 5) is 0. The lowest BCUT2D eigenvalue weighted by atomic mass is 10.1. The van der Waals surface area contributed by atoms with Gasteiger partial charge in [0.2, 0.25) is 0 Å². The van der Waals surface area contributed by atoms with Gasteiger partial charge in [-0.15, -0.1) is 0 Å². The molecule has 100 valence electrons. The van der Waals surface area contributed by atoms with Crippen molar-refractivity contribution in [2.75, 3.05) is 6.66 Å².